The number of carbonyl (C=O) groups excluding carboxylic acids is 1. The third-order valence-corrected chi connectivity index (χ3v) is 7.74. The van der Waals surface area contributed by atoms with Crippen molar-refractivity contribution in [2.75, 3.05) is 36.5 Å². The van der Waals surface area contributed by atoms with Crippen LogP contribution in [-0.2, 0) is 9.53 Å². The Morgan fingerprint density at radius 3 is 2.97 bits per heavy atom. The lowest BCUT2D eigenvalue weighted by Gasteiger charge is -2.33. The number of aromatic amines is 1. The second-order valence-corrected chi connectivity index (χ2v) is 10.0. The largest absolute Gasteiger partial charge is 0.370 e. The monoisotopic (exact) mass is 527 g/mol. The maximum Gasteiger partial charge on any atom is 0.267 e. The molecule has 3 aromatic heterocycles. The van der Waals surface area contributed by atoms with Crippen LogP contribution in [0.1, 0.15) is 17.2 Å². The van der Waals surface area contributed by atoms with Crippen LogP contribution in [0.5, 0.6) is 0 Å². The van der Waals surface area contributed by atoms with Crippen molar-refractivity contribution in [3.8, 4) is 0 Å². The average molecular weight is 528 g/mol. The van der Waals surface area contributed by atoms with E-state index >= 15 is 0 Å². The zero-order valence-corrected chi connectivity index (χ0v) is 21.4. The number of aromatic nitrogens is 4. The number of hydroxylamine groups is 1. The van der Waals surface area contributed by atoms with E-state index in [9.17, 15) is 4.79 Å². The fourth-order valence-corrected chi connectivity index (χ4v) is 5.52. The van der Waals surface area contributed by atoms with E-state index in [4.69, 9.17) is 14.9 Å². The van der Waals surface area contributed by atoms with Crippen molar-refractivity contribution < 1.29 is 14.7 Å². The predicted octanol–water partition coefficient (Wildman–Crippen LogP) is 4.43. The van der Waals surface area contributed by atoms with Crippen molar-refractivity contribution in [2.24, 2.45) is 0 Å². The van der Waals surface area contributed by atoms with E-state index in [1.54, 1.807) is 22.9 Å². The predicted molar refractivity (Wildman–Crippen MR) is 148 cm³/mol. The first kappa shape index (κ1) is 24.0. The quantitative estimate of drug-likeness (QED) is 0.169. The fourth-order valence-electron chi connectivity index (χ4n) is 4.57. The number of fused-ring (bicyclic) bond motifs is 2. The summed E-state index contributed by atoms with van der Waals surface area (Å²) in [6.45, 7) is 1.97. The van der Waals surface area contributed by atoms with Gasteiger partial charge in [-0.25, -0.2) is 15.4 Å². The lowest BCUT2D eigenvalue weighted by Crippen LogP contribution is -2.39. The molecular weight excluding hydrogens is 502 g/mol. The molecule has 6 rings (SSSR count). The lowest BCUT2D eigenvalue weighted by molar-refractivity contribution is -0.124. The minimum absolute atomic E-state index is 0.0932. The van der Waals surface area contributed by atoms with Gasteiger partial charge in [0.25, 0.3) is 5.91 Å². The van der Waals surface area contributed by atoms with Crippen LogP contribution in [-0.4, -0.2) is 58.0 Å². The summed E-state index contributed by atoms with van der Waals surface area (Å²) in [6, 6.07) is 16.0. The minimum atomic E-state index is -0.570. The standard InChI is InChI=1S/C27H25N7O3S/c1-33(18-8-5-17(6-9-18)7-10-25(35)32-36)26-13-22-24(38-26)15-28-27(30-22)34-11-12-37-23(16-34)19-3-2-4-21-20(19)14-29-31-21/h2-10,13-15,23,36H,11-12,16H2,1H3,(H,29,31)(H,32,35)/b10-7+. The van der Waals surface area contributed by atoms with Crippen LogP contribution in [0.3, 0.4) is 0 Å². The molecule has 10 nitrogen and oxygen atoms in total. The minimum Gasteiger partial charge on any atom is -0.370 e. The first-order valence-corrected chi connectivity index (χ1v) is 12.9. The Morgan fingerprint density at radius 2 is 2.13 bits per heavy atom. The summed E-state index contributed by atoms with van der Waals surface area (Å²) in [5.74, 6) is 0.125. The number of amides is 1. The zero-order valence-electron chi connectivity index (χ0n) is 20.5. The number of hydrogen-bond donors (Lipinski definition) is 3. The number of carbonyl (C=O) groups is 1. The molecule has 1 atom stereocenters. The van der Waals surface area contributed by atoms with Gasteiger partial charge in [0.15, 0.2) is 0 Å². The zero-order chi connectivity index (χ0) is 26.1. The molecule has 0 saturated carbocycles. The van der Waals surface area contributed by atoms with Gasteiger partial charge in [-0.2, -0.15) is 5.10 Å². The summed E-state index contributed by atoms with van der Waals surface area (Å²) >= 11 is 1.63. The van der Waals surface area contributed by atoms with Gasteiger partial charge in [0, 0.05) is 30.7 Å². The number of ether oxygens (including phenoxy) is 1. The Bertz CT molecular complexity index is 1630. The summed E-state index contributed by atoms with van der Waals surface area (Å²) in [4.78, 5) is 25.0. The summed E-state index contributed by atoms with van der Waals surface area (Å²) in [5, 5.41) is 17.9. The third-order valence-electron chi connectivity index (χ3n) is 6.61. The van der Waals surface area contributed by atoms with Gasteiger partial charge >= 0.3 is 0 Å². The van der Waals surface area contributed by atoms with Crippen molar-refractivity contribution in [1.29, 1.82) is 0 Å². The molecule has 1 aliphatic rings. The Balaban J connectivity index is 1.20. The Morgan fingerprint density at radius 1 is 1.26 bits per heavy atom. The average Bonchev–Trinajstić information content (AvgIpc) is 3.62. The lowest BCUT2D eigenvalue weighted by atomic mass is 10.0. The fraction of sp³-hybridized carbons (Fsp3) is 0.185. The molecule has 0 radical (unpaired) electrons. The molecule has 4 heterocycles. The number of morpholine rings is 1. The number of H-pyrrole nitrogens is 1. The number of nitrogens with zero attached hydrogens (tertiary/aromatic N) is 5. The van der Waals surface area contributed by atoms with Crippen LogP contribution < -0.4 is 15.3 Å². The van der Waals surface area contributed by atoms with Gasteiger partial charge in [-0.15, -0.1) is 11.3 Å². The summed E-state index contributed by atoms with van der Waals surface area (Å²) < 4.78 is 7.14. The molecule has 2 aromatic carbocycles. The first-order valence-electron chi connectivity index (χ1n) is 12.1. The van der Waals surface area contributed by atoms with Gasteiger partial charge in [0.2, 0.25) is 5.95 Å². The molecular formula is C27H25N7O3S. The van der Waals surface area contributed by atoms with E-state index in [0.717, 1.165) is 49.5 Å². The molecule has 5 aromatic rings. The molecule has 0 aliphatic carbocycles. The first-order chi connectivity index (χ1) is 18.6. The summed E-state index contributed by atoms with van der Waals surface area (Å²) in [5.41, 5.74) is 6.44. The van der Waals surface area contributed by atoms with E-state index in [1.165, 1.54) is 6.08 Å². The van der Waals surface area contributed by atoms with Gasteiger partial charge < -0.3 is 14.5 Å². The van der Waals surface area contributed by atoms with Crippen LogP contribution >= 0.6 is 11.3 Å². The molecule has 1 unspecified atom stereocenters. The van der Waals surface area contributed by atoms with Crippen molar-refractivity contribution in [3.63, 3.8) is 0 Å². The van der Waals surface area contributed by atoms with Crippen LogP contribution in [0.2, 0.25) is 0 Å². The van der Waals surface area contributed by atoms with E-state index in [0.29, 0.717) is 19.1 Å². The molecule has 1 fully saturated rings. The van der Waals surface area contributed by atoms with Crippen LogP contribution in [0.25, 0.3) is 27.2 Å². The highest BCUT2D eigenvalue weighted by molar-refractivity contribution is 7.22. The normalized spacial score (nSPS) is 15.9. The SMILES string of the molecule is CN(c1ccc(/C=C/C(=O)NO)cc1)c1cc2nc(N3CCOC(c4cccc5[nH]ncc45)C3)ncc2s1. The molecule has 38 heavy (non-hydrogen) atoms. The van der Waals surface area contributed by atoms with Crippen LogP contribution in [0, 0.1) is 0 Å². The van der Waals surface area contributed by atoms with Crippen molar-refractivity contribution in [2.45, 2.75) is 6.10 Å². The Labute approximate surface area is 222 Å². The molecule has 1 aliphatic heterocycles. The second-order valence-electron chi connectivity index (χ2n) is 8.95. The van der Waals surface area contributed by atoms with Crippen LogP contribution in [0.4, 0.5) is 16.6 Å². The van der Waals surface area contributed by atoms with Gasteiger partial charge in [-0.05, 0) is 41.5 Å². The van der Waals surface area contributed by atoms with E-state index in [-0.39, 0.29) is 6.10 Å². The van der Waals surface area contributed by atoms with Crippen molar-refractivity contribution in [3.05, 3.63) is 78.1 Å². The third kappa shape index (κ3) is 4.70. The highest BCUT2D eigenvalue weighted by Crippen LogP contribution is 2.36. The smallest absolute Gasteiger partial charge is 0.267 e. The van der Waals surface area contributed by atoms with Crippen molar-refractivity contribution >= 4 is 61.1 Å². The topological polar surface area (TPSA) is 120 Å². The van der Waals surface area contributed by atoms with Crippen molar-refractivity contribution in [1.82, 2.24) is 25.6 Å². The Kier molecular flexibility index (Phi) is 6.46. The van der Waals surface area contributed by atoms with Gasteiger partial charge in [0.05, 0.1) is 46.3 Å². The number of rotatable bonds is 6. The van der Waals surface area contributed by atoms with E-state index < -0.39 is 5.91 Å². The number of hydrogen-bond acceptors (Lipinski definition) is 9. The maximum absolute atomic E-state index is 11.2. The summed E-state index contributed by atoms with van der Waals surface area (Å²) in [6.07, 6.45) is 6.55. The maximum atomic E-state index is 11.2. The van der Waals surface area contributed by atoms with Gasteiger partial charge in [0.1, 0.15) is 6.10 Å². The summed E-state index contributed by atoms with van der Waals surface area (Å²) in [7, 11) is 2.01. The number of nitrogens with one attached hydrogen (secondary N) is 2. The molecule has 1 saturated heterocycles. The Hall–Kier alpha value is -4.32. The number of benzene rings is 2. The molecule has 3 N–H and O–H groups in total. The van der Waals surface area contributed by atoms with Crippen LogP contribution in [0.15, 0.2) is 67.0 Å². The highest BCUT2D eigenvalue weighted by atomic mass is 32.1. The number of thiophene rings is 1. The van der Waals surface area contributed by atoms with E-state index in [2.05, 4.69) is 37.1 Å². The molecule has 11 heteroatoms. The number of anilines is 3. The highest BCUT2D eigenvalue weighted by Gasteiger charge is 2.26. The molecule has 1 amide bonds. The molecule has 0 spiro atoms. The molecule has 0 bridgehead atoms. The second kappa shape index (κ2) is 10.2. The van der Waals surface area contributed by atoms with Gasteiger partial charge in [-0.3, -0.25) is 15.1 Å². The van der Waals surface area contributed by atoms with E-state index in [1.807, 2.05) is 55.8 Å². The molecule has 192 valence electrons. The van der Waals surface area contributed by atoms with Gasteiger partial charge in [-0.1, -0.05) is 24.3 Å².